The monoisotopic (exact) mass is 433 g/mol. The van der Waals surface area contributed by atoms with Crippen LogP contribution in [0.15, 0.2) is 44.2 Å². The first-order chi connectivity index (χ1) is 9.92. The predicted octanol–water partition coefficient (Wildman–Crippen LogP) is 4.90. The molecule has 0 heterocycles. The molecule has 110 valence electrons. The van der Waals surface area contributed by atoms with E-state index < -0.39 is 11.7 Å². The minimum Gasteiger partial charge on any atom is -0.495 e. The molecule has 0 spiro atoms. The van der Waals surface area contributed by atoms with Gasteiger partial charge in [0.2, 0.25) is 0 Å². The molecule has 0 unspecified atom stereocenters. The highest BCUT2D eigenvalue weighted by molar-refractivity contribution is 9.11. The molecule has 7 heteroatoms. The highest BCUT2D eigenvalue weighted by Gasteiger charge is 2.15. The van der Waals surface area contributed by atoms with Gasteiger partial charge in [-0.25, -0.2) is 4.39 Å². The Balaban J connectivity index is 2.33. The van der Waals surface area contributed by atoms with Crippen LogP contribution in [0.3, 0.4) is 0 Å². The lowest BCUT2D eigenvalue weighted by Gasteiger charge is -2.11. The van der Waals surface area contributed by atoms with Crippen LogP contribution in [-0.4, -0.2) is 13.0 Å². The van der Waals surface area contributed by atoms with E-state index in [1.165, 1.54) is 25.3 Å². The number of anilines is 1. The van der Waals surface area contributed by atoms with E-state index in [0.717, 1.165) is 4.47 Å². The van der Waals surface area contributed by atoms with Crippen molar-refractivity contribution < 1.29 is 13.9 Å². The average molecular weight is 435 g/mol. The van der Waals surface area contributed by atoms with Crippen molar-refractivity contribution in [3.05, 3.63) is 50.7 Å². The minimum atomic E-state index is -0.606. The summed E-state index contributed by atoms with van der Waals surface area (Å²) in [7, 11) is 1.52. The highest BCUT2D eigenvalue weighted by atomic mass is 79.9. The van der Waals surface area contributed by atoms with Crippen molar-refractivity contribution in [1.82, 2.24) is 0 Å². The summed E-state index contributed by atoms with van der Waals surface area (Å²) in [6.07, 6.45) is 0. The number of hydrogen-bond acceptors (Lipinski definition) is 3. The SMILES string of the molecule is COc1cc(NC(=O)c2cc(S)ccc2F)c(Br)cc1Br. The van der Waals surface area contributed by atoms with Gasteiger partial charge < -0.3 is 10.1 Å². The normalized spacial score (nSPS) is 10.3. The largest absolute Gasteiger partial charge is 0.495 e. The maximum Gasteiger partial charge on any atom is 0.258 e. The molecule has 0 aliphatic carbocycles. The maximum atomic E-state index is 13.7. The molecule has 0 saturated heterocycles. The van der Waals surface area contributed by atoms with Crippen LogP contribution in [0.1, 0.15) is 10.4 Å². The van der Waals surface area contributed by atoms with Gasteiger partial charge in [-0.2, -0.15) is 0 Å². The van der Waals surface area contributed by atoms with E-state index in [1.54, 1.807) is 12.1 Å². The molecule has 2 aromatic rings. The second kappa shape index (κ2) is 6.81. The number of rotatable bonds is 3. The summed E-state index contributed by atoms with van der Waals surface area (Å²) in [5, 5.41) is 2.64. The van der Waals surface area contributed by atoms with E-state index in [1.807, 2.05) is 0 Å². The summed E-state index contributed by atoms with van der Waals surface area (Å²) in [4.78, 5) is 12.7. The van der Waals surface area contributed by atoms with Gasteiger partial charge in [0.15, 0.2) is 0 Å². The fraction of sp³-hybridized carbons (Fsp3) is 0.0714. The fourth-order valence-electron chi connectivity index (χ4n) is 1.66. The number of ether oxygens (including phenoxy) is 1. The molecule has 2 aromatic carbocycles. The van der Waals surface area contributed by atoms with Crippen LogP contribution in [0.4, 0.5) is 10.1 Å². The van der Waals surface area contributed by atoms with Gasteiger partial charge in [-0.1, -0.05) is 0 Å². The second-order valence-corrected chi connectivity index (χ2v) is 6.31. The standard InChI is InChI=1S/C14H10Br2FNO2S/c1-20-13-6-12(9(15)5-10(13)16)18-14(19)8-4-7(21)2-3-11(8)17/h2-6,21H,1H3,(H,18,19). The van der Waals surface area contributed by atoms with E-state index in [9.17, 15) is 9.18 Å². The number of nitrogens with one attached hydrogen (secondary N) is 1. The first-order valence-corrected chi connectivity index (χ1v) is 7.78. The molecule has 0 bridgehead atoms. The molecule has 0 aromatic heterocycles. The van der Waals surface area contributed by atoms with Gasteiger partial charge in [0, 0.05) is 15.4 Å². The van der Waals surface area contributed by atoms with Crippen LogP contribution in [0.25, 0.3) is 0 Å². The first kappa shape index (κ1) is 16.3. The molecule has 3 nitrogen and oxygen atoms in total. The van der Waals surface area contributed by atoms with E-state index in [4.69, 9.17) is 4.74 Å². The van der Waals surface area contributed by atoms with Crippen molar-refractivity contribution in [2.24, 2.45) is 0 Å². The zero-order valence-electron chi connectivity index (χ0n) is 10.8. The lowest BCUT2D eigenvalue weighted by Crippen LogP contribution is -2.14. The summed E-state index contributed by atoms with van der Waals surface area (Å²) >= 11 is 10.8. The van der Waals surface area contributed by atoms with Crippen LogP contribution in [0.5, 0.6) is 5.75 Å². The Morgan fingerprint density at radius 3 is 2.62 bits per heavy atom. The summed E-state index contributed by atoms with van der Waals surface area (Å²) in [6, 6.07) is 7.42. The topological polar surface area (TPSA) is 38.3 Å². The van der Waals surface area contributed by atoms with E-state index >= 15 is 0 Å². The molecule has 0 aliphatic rings. The van der Waals surface area contributed by atoms with Gasteiger partial charge in [0.05, 0.1) is 22.8 Å². The van der Waals surface area contributed by atoms with Crippen molar-refractivity contribution in [3.63, 3.8) is 0 Å². The third kappa shape index (κ3) is 3.78. The van der Waals surface area contributed by atoms with Gasteiger partial charge in [-0.3, -0.25) is 4.79 Å². The molecule has 2 rings (SSSR count). The minimum absolute atomic E-state index is 0.0729. The molecule has 21 heavy (non-hydrogen) atoms. The van der Waals surface area contributed by atoms with Crippen LogP contribution in [0, 0.1) is 5.82 Å². The fourth-order valence-corrected chi connectivity index (χ4v) is 3.12. The Kier molecular flexibility index (Phi) is 5.29. The average Bonchev–Trinajstić information content (AvgIpc) is 2.44. The molecule has 0 radical (unpaired) electrons. The van der Waals surface area contributed by atoms with Crippen molar-refractivity contribution in [2.45, 2.75) is 4.90 Å². The highest BCUT2D eigenvalue weighted by Crippen LogP contribution is 2.34. The number of carbonyl (C=O) groups excluding carboxylic acids is 1. The van der Waals surface area contributed by atoms with Crippen LogP contribution >= 0.6 is 44.5 Å². The quantitative estimate of drug-likeness (QED) is 0.674. The number of amides is 1. The Morgan fingerprint density at radius 2 is 1.95 bits per heavy atom. The molecule has 1 N–H and O–H groups in total. The second-order valence-electron chi connectivity index (χ2n) is 4.08. The van der Waals surface area contributed by atoms with Crippen molar-refractivity contribution in [3.8, 4) is 5.75 Å². The Morgan fingerprint density at radius 1 is 1.24 bits per heavy atom. The number of thiol groups is 1. The molecule has 0 fully saturated rings. The van der Waals surface area contributed by atoms with Crippen LogP contribution < -0.4 is 10.1 Å². The maximum absolute atomic E-state index is 13.7. The summed E-state index contributed by atoms with van der Waals surface area (Å²) < 4.78 is 20.2. The number of benzene rings is 2. The van der Waals surface area contributed by atoms with Crippen LogP contribution in [-0.2, 0) is 0 Å². The zero-order valence-corrected chi connectivity index (χ0v) is 14.9. The first-order valence-electron chi connectivity index (χ1n) is 5.75. The third-order valence-electron chi connectivity index (χ3n) is 2.68. The van der Waals surface area contributed by atoms with Gasteiger partial charge in [0.25, 0.3) is 5.91 Å². The lowest BCUT2D eigenvalue weighted by atomic mass is 10.2. The lowest BCUT2D eigenvalue weighted by molar-refractivity contribution is 0.102. The van der Waals surface area contributed by atoms with E-state index in [0.29, 0.717) is 20.8 Å². The number of methoxy groups -OCH3 is 1. The summed E-state index contributed by atoms with van der Waals surface area (Å²) in [5.74, 6) is -0.615. The summed E-state index contributed by atoms with van der Waals surface area (Å²) in [6.45, 7) is 0. The van der Waals surface area contributed by atoms with Gasteiger partial charge in [-0.15, -0.1) is 12.6 Å². The van der Waals surface area contributed by atoms with Crippen LogP contribution in [0.2, 0.25) is 0 Å². The van der Waals surface area contributed by atoms with Crippen molar-refractivity contribution >= 4 is 56.1 Å². The third-order valence-corrected chi connectivity index (χ3v) is 4.24. The van der Waals surface area contributed by atoms with Gasteiger partial charge in [0.1, 0.15) is 11.6 Å². The summed E-state index contributed by atoms with van der Waals surface area (Å²) in [5.41, 5.74) is 0.403. The van der Waals surface area contributed by atoms with Gasteiger partial charge in [-0.05, 0) is 56.1 Å². The Hall–Kier alpha value is -1.05. The molecule has 1 amide bonds. The molecule has 0 saturated carbocycles. The number of hydrogen-bond donors (Lipinski definition) is 2. The van der Waals surface area contributed by atoms with Gasteiger partial charge >= 0.3 is 0 Å². The zero-order chi connectivity index (χ0) is 15.6. The van der Waals surface area contributed by atoms with Crippen molar-refractivity contribution in [2.75, 3.05) is 12.4 Å². The molecule has 0 atom stereocenters. The Bertz CT molecular complexity index is 710. The van der Waals surface area contributed by atoms with E-state index in [2.05, 4.69) is 49.8 Å². The predicted molar refractivity (Wildman–Crippen MR) is 90.0 cm³/mol. The molecular weight excluding hydrogens is 425 g/mol. The molecule has 0 aliphatic heterocycles. The van der Waals surface area contributed by atoms with Crippen molar-refractivity contribution in [1.29, 1.82) is 0 Å². The Labute approximate surface area is 143 Å². The van der Waals surface area contributed by atoms with E-state index in [-0.39, 0.29) is 5.56 Å². The number of halogens is 3. The molecular formula is C14H10Br2FNO2S. The smallest absolute Gasteiger partial charge is 0.258 e. The number of carbonyl (C=O) groups is 1.